The molecule has 112 valence electrons. The second-order valence-electron chi connectivity index (χ2n) is 5.19. The molecule has 0 spiro atoms. The van der Waals surface area contributed by atoms with E-state index in [1.54, 1.807) is 12.1 Å². The van der Waals surface area contributed by atoms with Crippen LogP contribution >= 0.6 is 0 Å². The van der Waals surface area contributed by atoms with Crippen molar-refractivity contribution >= 4 is 0 Å². The molecule has 2 rings (SSSR count). The molecule has 0 aliphatic heterocycles. The summed E-state index contributed by atoms with van der Waals surface area (Å²) in [6, 6.07) is 16.3. The van der Waals surface area contributed by atoms with Gasteiger partial charge in [-0.25, -0.2) is 4.39 Å². The average Bonchev–Trinajstić information content (AvgIpc) is 2.50. The Labute approximate surface area is 125 Å². The molecule has 0 saturated heterocycles. The third-order valence-corrected chi connectivity index (χ3v) is 3.38. The van der Waals surface area contributed by atoms with Crippen LogP contribution in [0.2, 0.25) is 0 Å². The Morgan fingerprint density at radius 1 is 1.05 bits per heavy atom. The summed E-state index contributed by atoms with van der Waals surface area (Å²) in [6.07, 6.45) is 0. The van der Waals surface area contributed by atoms with Crippen LogP contribution in [0.1, 0.15) is 18.1 Å². The monoisotopic (exact) mass is 288 g/mol. The Bertz CT molecular complexity index is 530. The molecule has 1 atom stereocenters. The summed E-state index contributed by atoms with van der Waals surface area (Å²) in [5, 5.41) is 14.6. The van der Waals surface area contributed by atoms with Crippen LogP contribution < -0.4 is 5.32 Å². The first-order valence-corrected chi connectivity index (χ1v) is 7.10. The topological polar surface area (TPSA) is 35.5 Å². The summed E-state index contributed by atoms with van der Waals surface area (Å²) in [4.78, 5) is 0. The molecule has 1 unspecified atom stereocenters. The van der Waals surface area contributed by atoms with Crippen LogP contribution in [0.4, 0.5) is 4.39 Å². The molecule has 2 aromatic carbocycles. The van der Waals surface area contributed by atoms with Crippen molar-refractivity contribution in [1.82, 2.24) is 10.4 Å². The highest BCUT2D eigenvalue weighted by Gasteiger charge is 2.11. The second kappa shape index (κ2) is 7.88. The van der Waals surface area contributed by atoms with Gasteiger partial charge in [0.2, 0.25) is 0 Å². The van der Waals surface area contributed by atoms with E-state index in [0.717, 1.165) is 11.1 Å². The van der Waals surface area contributed by atoms with Crippen LogP contribution in [0.15, 0.2) is 54.6 Å². The van der Waals surface area contributed by atoms with E-state index >= 15 is 0 Å². The van der Waals surface area contributed by atoms with Crippen LogP contribution in [0.25, 0.3) is 0 Å². The second-order valence-corrected chi connectivity index (χ2v) is 5.19. The standard InChI is InChI=1S/C17H21FN2O/c1-14(20(21)13-16-5-3-2-4-6-16)11-19-12-15-7-9-17(18)10-8-15/h2-10,14,19,21H,11-13H2,1H3. The molecule has 0 aliphatic rings. The highest BCUT2D eigenvalue weighted by atomic mass is 19.1. The highest BCUT2D eigenvalue weighted by Crippen LogP contribution is 2.06. The van der Waals surface area contributed by atoms with Gasteiger partial charge in [0.05, 0.1) is 0 Å². The van der Waals surface area contributed by atoms with E-state index in [2.05, 4.69) is 5.32 Å². The van der Waals surface area contributed by atoms with E-state index in [9.17, 15) is 9.60 Å². The van der Waals surface area contributed by atoms with E-state index < -0.39 is 0 Å². The lowest BCUT2D eigenvalue weighted by atomic mass is 10.2. The molecule has 0 aliphatic carbocycles. The Kier molecular flexibility index (Phi) is 5.87. The molecule has 0 amide bonds. The predicted octanol–water partition coefficient (Wildman–Crippen LogP) is 3.20. The highest BCUT2D eigenvalue weighted by molar-refractivity contribution is 5.16. The van der Waals surface area contributed by atoms with E-state index in [-0.39, 0.29) is 11.9 Å². The predicted molar refractivity (Wildman–Crippen MR) is 81.3 cm³/mol. The summed E-state index contributed by atoms with van der Waals surface area (Å²) in [6.45, 7) is 3.77. The first-order valence-electron chi connectivity index (χ1n) is 7.10. The fourth-order valence-corrected chi connectivity index (χ4v) is 2.06. The molecule has 0 aromatic heterocycles. The van der Waals surface area contributed by atoms with Gasteiger partial charge >= 0.3 is 0 Å². The Hall–Kier alpha value is -1.75. The molecular weight excluding hydrogens is 267 g/mol. The maximum absolute atomic E-state index is 12.8. The molecule has 21 heavy (non-hydrogen) atoms. The maximum atomic E-state index is 12.8. The zero-order valence-corrected chi connectivity index (χ0v) is 12.2. The number of nitrogens with one attached hydrogen (secondary N) is 1. The van der Waals surface area contributed by atoms with Crippen molar-refractivity contribution in [1.29, 1.82) is 0 Å². The summed E-state index contributed by atoms with van der Waals surface area (Å²) >= 11 is 0. The molecule has 0 radical (unpaired) electrons. The van der Waals surface area contributed by atoms with Crippen LogP contribution in [-0.4, -0.2) is 22.9 Å². The number of hydroxylamine groups is 2. The third kappa shape index (κ3) is 5.27. The van der Waals surface area contributed by atoms with Crippen LogP contribution in [0.5, 0.6) is 0 Å². The van der Waals surface area contributed by atoms with E-state index in [0.29, 0.717) is 19.6 Å². The number of hydrogen-bond acceptors (Lipinski definition) is 3. The summed E-state index contributed by atoms with van der Waals surface area (Å²) in [5.41, 5.74) is 2.10. The van der Waals surface area contributed by atoms with Crippen LogP contribution in [-0.2, 0) is 13.1 Å². The van der Waals surface area contributed by atoms with E-state index in [1.165, 1.54) is 17.2 Å². The number of hydrogen-bond donors (Lipinski definition) is 2. The number of halogens is 1. The lowest BCUT2D eigenvalue weighted by Gasteiger charge is -2.23. The van der Waals surface area contributed by atoms with Crippen molar-refractivity contribution in [3.8, 4) is 0 Å². The van der Waals surface area contributed by atoms with Crippen LogP contribution in [0, 0.1) is 5.82 Å². The molecule has 0 fully saturated rings. The first kappa shape index (κ1) is 15.6. The van der Waals surface area contributed by atoms with Gasteiger partial charge in [-0.15, -0.1) is 0 Å². The Balaban J connectivity index is 1.73. The molecule has 0 heterocycles. The fourth-order valence-electron chi connectivity index (χ4n) is 2.06. The summed E-state index contributed by atoms with van der Waals surface area (Å²) in [5.74, 6) is -0.225. The maximum Gasteiger partial charge on any atom is 0.123 e. The average molecular weight is 288 g/mol. The third-order valence-electron chi connectivity index (χ3n) is 3.38. The lowest BCUT2D eigenvalue weighted by molar-refractivity contribution is -0.129. The fraction of sp³-hybridized carbons (Fsp3) is 0.294. The molecule has 2 aromatic rings. The number of nitrogens with zero attached hydrogens (tertiary/aromatic N) is 1. The largest absolute Gasteiger partial charge is 0.313 e. The van der Waals surface area contributed by atoms with Gasteiger partial charge in [-0.2, -0.15) is 5.06 Å². The first-order chi connectivity index (χ1) is 10.1. The molecule has 2 N–H and O–H groups in total. The smallest absolute Gasteiger partial charge is 0.123 e. The Morgan fingerprint density at radius 2 is 1.71 bits per heavy atom. The van der Waals surface area contributed by atoms with Crippen molar-refractivity contribution in [2.75, 3.05) is 6.54 Å². The van der Waals surface area contributed by atoms with Crippen LogP contribution in [0.3, 0.4) is 0 Å². The van der Waals surface area contributed by atoms with Crippen molar-refractivity contribution in [3.05, 3.63) is 71.5 Å². The van der Waals surface area contributed by atoms with Crippen molar-refractivity contribution in [2.24, 2.45) is 0 Å². The molecule has 4 heteroatoms. The SMILES string of the molecule is CC(CNCc1ccc(F)cc1)N(O)Cc1ccccc1. The molecule has 3 nitrogen and oxygen atoms in total. The molecular formula is C17H21FN2O. The van der Waals surface area contributed by atoms with Gasteiger partial charge in [-0.1, -0.05) is 42.5 Å². The quantitative estimate of drug-likeness (QED) is 0.768. The van der Waals surface area contributed by atoms with Gasteiger partial charge in [-0.3, -0.25) is 0 Å². The van der Waals surface area contributed by atoms with Crippen molar-refractivity contribution in [3.63, 3.8) is 0 Å². The van der Waals surface area contributed by atoms with Gasteiger partial charge in [-0.05, 0) is 30.2 Å². The number of benzene rings is 2. The van der Waals surface area contributed by atoms with Gasteiger partial charge in [0.15, 0.2) is 0 Å². The Morgan fingerprint density at radius 3 is 2.38 bits per heavy atom. The lowest BCUT2D eigenvalue weighted by Crippen LogP contribution is -2.37. The van der Waals surface area contributed by atoms with Crippen molar-refractivity contribution < 1.29 is 9.60 Å². The molecule has 0 bridgehead atoms. The van der Waals surface area contributed by atoms with Crippen molar-refractivity contribution in [2.45, 2.75) is 26.1 Å². The minimum Gasteiger partial charge on any atom is -0.313 e. The minimum absolute atomic E-state index is 0.00865. The van der Waals surface area contributed by atoms with Gasteiger partial charge in [0, 0.05) is 25.7 Å². The van der Waals surface area contributed by atoms with Gasteiger partial charge < -0.3 is 10.5 Å². The van der Waals surface area contributed by atoms with E-state index in [4.69, 9.17) is 0 Å². The minimum atomic E-state index is -0.225. The number of rotatable bonds is 7. The zero-order valence-electron chi connectivity index (χ0n) is 12.2. The van der Waals surface area contributed by atoms with Gasteiger partial charge in [0.1, 0.15) is 5.82 Å². The summed E-state index contributed by atoms with van der Waals surface area (Å²) in [7, 11) is 0. The molecule has 0 saturated carbocycles. The van der Waals surface area contributed by atoms with Gasteiger partial charge in [0.25, 0.3) is 0 Å². The zero-order chi connectivity index (χ0) is 15.1. The summed E-state index contributed by atoms with van der Waals surface area (Å²) < 4.78 is 12.8. The van der Waals surface area contributed by atoms with E-state index in [1.807, 2.05) is 37.3 Å². The normalized spacial score (nSPS) is 12.6.